The van der Waals surface area contributed by atoms with E-state index in [1.54, 1.807) is 0 Å². The summed E-state index contributed by atoms with van der Waals surface area (Å²) in [5, 5.41) is 0. The van der Waals surface area contributed by atoms with Gasteiger partial charge in [0.25, 0.3) is 0 Å². The topological polar surface area (TPSA) is 35.5 Å². The van der Waals surface area contributed by atoms with Crippen LogP contribution < -0.4 is 4.74 Å². The molecule has 1 aromatic rings. The molecule has 0 spiro atoms. The van der Waals surface area contributed by atoms with Gasteiger partial charge in [-0.1, -0.05) is 77.3 Å². The third kappa shape index (κ3) is 11.9. The molecule has 0 aromatic heterocycles. The Morgan fingerprint density at radius 3 is 2.08 bits per heavy atom. The first-order valence-corrected chi connectivity index (χ1v) is 10.6. The smallest absolute Gasteiger partial charge is 0.305 e. The summed E-state index contributed by atoms with van der Waals surface area (Å²) in [4.78, 5) is 11.5. The van der Waals surface area contributed by atoms with Gasteiger partial charge in [-0.3, -0.25) is 4.79 Å². The minimum atomic E-state index is -0.118. The number of unbranched alkanes of at least 4 members (excludes halogenated alkanes) is 8. The van der Waals surface area contributed by atoms with Crippen molar-refractivity contribution in [3.05, 3.63) is 29.8 Å². The molecule has 1 rings (SSSR count). The molecular weight excluding hydrogens is 324 g/mol. The van der Waals surface area contributed by atoms with Gasteiger partial charge in [-0.15, -0.1) is 0 Å². The van der Waals surface area contributed by atoms with Gasteiger partial charge in [0.05, 0.1) is 0 Å². The molecule has 0 heterocycles. The zero-order valence-electron chi connectivity index (χ0n) is 16.9. The van der Waals surface area contributed by atoms with Crippen LogP contribution in [0.4, 0.5) is 0 Å². The Morgan fingerprint density at radius 2 is 1.38 bits per heavy atom. The molecule has 0 N–H and O–H groups in total. The fourth-order valence-corrected chi connectivity index (χ4v) is 2.95. The zero-order valence-corrected chi connectivity index (χ0v) is 16.9. The van der Waals surface area contributed by atoms with E-state index in [2.05, 4.69) is 26.0 Å². The molecule has 26 heavy (non-hydrogen) atoms. The summed E-state index contributed by atoms with van der Waals surface area (Å²) >= 11 is 0. The first-order valence-electron chi connectivity index (χ1n) is 10.6. The number of ether oxygens (including phenoxy) is 2. The maximum atomic E-state index is 11.5. The van der Waals surface area contributed by atoms with Crippen molar-refractivity contribution in [1.82, 2.24) is 0 Å². The molecule has 0 atom stereocenters. The number of aryl methyl sites for hydroxylation is 1. The van der Waals surface area contributed by atoms with Crippen LogP contribution in [0.25, 0.3) is 0 Å². The third-order valence-corrected chi connectivity index (χ3v) is 4.59. The molecule has 0 aliphatic carbocycles. The monoisotopic (exact) mass is 362 g/mol. The number of benzene rings is 1. The standard InChI is InChI=1S/C23H38O3/c1-3-5-7-8-9-10-12-13-21-15-17-22(18-16-21)25-19-20-26-23(24)14-11-6-4-2/h15-18H,3-14,19-20H2,1-2H3. The van der Waals surface area contributed by atoms with Gasteiger partial charge in [-0.2, -0.15) is 0 Å². The molecule has 3 nitrogen and oxygen atoms in total. The number of rotatable bonds is 16. The summed E-state index contributed by atoms with van der Waals surface area (Å²) in [5.74, 6) is 0.724. The van der Waals surface area contributed by atoms with E-state index in [9.17, 15) is 4.79 Å². The Kier molecular flexibility index (Phi) is 13.6. The van der Waals surface area contributed by atoms with Crippen molar-refractivity contribution < 1.29 is 14.3 Å². The third-order valence-electron chi connectivity index (χ3n) is 4.59. The lowest BCUT2D eigenvalue weighted by Crippen LogP contribution is -2.12. The molecule has 0 bridgehead atoms. The lowest BCUT2D eigenvalue weighted by atomic mass is 10.0. The average Bonchev–Trinajstić information content (AvgIpc) is 2.66. The van der Waals surface area contributed by atoms with Crippen LogP contribution in [0.2, 0.25) is 0 Å². The fourth-order valence-electron chi connectivity index (χ4n) is 2.95. The number of esters is 1. The second kappa shape index (κ2) is 15.7. The maximum Gasteiger partial charge on any atom is 0.305 e. The Hall–Kier alpha value is -1.51. The van der Waals surface area contributed by atoms with Gasteiger partial charge >= 0.3 is 5.97 Å². The van der Waals surface area contributed by atoms with Crippen molar-refractivity contribution in [1.29, 1.82) is 0 Å². The largest absolute Gasteiger partial charge is 0.490 e. The quantitative estimate of drug-likeness (QED) is 0.249. The average molecular weight is 363 g/mol. The van der Waals surface area contributed by atoms with Gasteiger partial charge in [0.2, 0.25) is 0 Å². The van der Waals surface area contributed by atoms with E-state index >= 15 is 0 Å². The highest BCUT2D eigenvalue weighted by Crippen LogP contribution is 2.15. The summed E-state index contributed by atoms with van der Waals surface area (Å²) in [6.07, 6.45) is 14.2. The summed E-state index contributed by atoms with van der Waals surface area (Å²) in [6, 6.07) is 8.31. The van der Waals surface area contributed by atoms with Crippen LogP contribution in [-0.4, -0.2) is 19.2 Å². The highest BCUT2D eigenvalue weighted by Gasteiger charge is 2.02. The van der Waals surface area contributed by atoms with Crippen molar-refractivity contribution >= 4 is 5.97 Å². The van der Waals surface area contributed by atoms with Crippen LogP contribution in [-0.2, 0) is 16.0 Å². The number of hydrogen-bond donors (Lipinski definition) is 0. The van der Waals surface area contributed by atoms with Crippen LogP contribution in [0.5, 0.6) is 5.75 Å². The Bertz CT molecular complexity index is 453. The van der Waals surface area contributed by atoms with Gasteiger partial charge < -0.3 is 9.47 Å². The van der Waals surface area contributed by atoms with Crippen LogP contribution in [0.3, 0.4) is 0 Å². The maximum absolute atomic E-state index is 11.5. The molecule has 0 aliphatic rings. The molecule has 1 aromatic carbocycles. The molecule has 0 radical (unpaired) electrons. The predicted molar refractivity (Wildman–Crippen MR) is 109 cm³/mol. The van der Waals surface area contributed by atoms with Crippen LogP contribution >= 0.6 is 0 Å². The molecule has 0 aliphatic heterocycles. The number of hydrogen-bond acceptors (Lipinski definition) is 3. The number of carbonyl (C=O) groups excluding carboxylic acids is 1. The van der Waals surface area contributed by atoms with Gasteiger partial charge in [-0.25, -0.2) is 0 Å². The van der Waals surface area contributed by atoms with Crippen molar-refractivity contribution in [3.63, 3.8) is 0 Å². The Labute approximate surface area is 160 Å². The highest BCUT2D eigenvalue weighted by molar-refractivity contribution is 5.69. The highest BCUT2D eigenvalue weighted by atomic mass is 16.6. The lowest BCUT2D eigenvalue weighted by molar-refractivity contribution is -0.144. The SMILES string of the molecule is CCCCCCCCCc1ccc(OCCOC(=O)CCCCC)cc1. The van der Waals surface area contributed by atoms with E-state index in [1.165, 1.54) is 50.5 Å². The molecule has 3 heteroatoms. The van der Waals surface area contributed by atoms with E-state index in [0.29, 0.717) is 19.6 Å². The molecule has 0 saturated carbocycles. The summed E-state index contributed by atoms with van der Waals surface area (Å²) in [6.45, 7) is 5.12. The predicted octanol–water partition coefficient (Wildman–Crippen LogP) is 6.48. The van der Waals surface area contributed by atoms with Crippen molar-refractivity contribution in [2.24, 2.45) is 0 Å². The molecule has 0 saturated heterocycles. The molecule has 0 unspecified atom stereocenters. The van der Waals surface area contributed by atoms with Gasteiger partial charge in [0, 0.05) is 6.42 Å². The van der Waals surface area contributed by atoms with Gasteiger partial charge in [0.15, 0.2) is 0 Å². The second-order valence-electron chi connectivity index (χ2n) is 7.04. The zero-order chi connectivity index (χ0) is 18.9. The van der Waals surface area contributed by atoms with E-state index in [0.717, 1.165) is 31.4 Å². The van der Waals surface area contributed by atoms with Gasteiger partial charge in [-0.05, 0) is 37.0 Å². The molecule has 148 valence electrons. The first-order chi connectivity index (χ1) is 12.8. The molecule has 0 amide bonds. The summed E-state index contributed by atoms with van der Waals surface area (Å²) in [7, 11) is 0. The van der Waals surface area contributed by atoms with Crippen LogP contribution in [0.15, 0.2) is 24.3 Å². The second-order valence-corrected chi connectivity index (χ2v) is 7.04. The number of carbonyl (C=O) groups is 1. The van der Waals surface area contributed by atoms with E-state index in [4.69, 9.17) is 9.47 Å². The van der Waals surface area contributed by atoms with E-state index < -0.39 is 0 Å². The first kappa shape index (κ1) is 22.5. The van der Waals surface area contributed by atoms with E-state index in [1.807, 2.05) is 12.1 Å². The Morgan fingerprint density at radius 1 is 0.769 bits per heavy atom. The normalized spacial score (nSPS) is 10.7. The summed E-state index contributed by atoms with van der Waals surface area (Å²) < 4.78 is 10.8. The minimum Gasteiger partial charge on any atom is -0.490 e. The Balaban J connectivity index is 2.06. The van der Waals surface area contributed by atoms with Crippen molar-refractivity contribution in [2.45, 2.75) is 90.9 Å². The van der Waals surface area contributed by atoms with Crippen molar-refractivity contribution in [3.8, 4) is 5.75 Å². The lowest BCUT2D eigenvalue weighted by Gasteiger charge is -2.08. The van der Waals surface area contributed by atoms with E-state index in [-0.39, 0.29) is 5.97 Å². The molecular formula is C23H38O3. The summed E-state index contributed by atoms with van der Waals surface area (Å²) in [5.41, 5.74) is 1.37. The van der Waals surface area contributed by atoms with Gasteiger partial charge in [0.1, 0.15) is 19.0 Å². The van der Waals surface area contributed by atoms with Crippen LogP contribution in [0, 0.1) is 0 Å². The van der Waals surface area contributed by atoms with Crippen LogP contribution in [0.1, 0.15) is 90.0 Å². The minimum absolute atomic E-state index is 0.118. The van der Waals surface area contributed by atoms with Crippen molar-refractivity contribution in [2.75, 3.05) is 13.2 Å². The molecule has 0 fully saturated rings. The fraction of sp³-hybridized carbons (Fsp3) is 0.696.